The van der Waals surface area contributed by atoms with E-state index in [4.69, 9.17) is 10.5 Å². The Labute approximate surface area is 114 Å². The number of halogens is 1. The molecule has 0 saturated heterocycles. The van der Waals surface area contributed by atoms with Crippen molar-refractivity contribution in [3.8, 4) is 5.75 Å². The van der Waals surface area contributed by atoms with Crippen LogP contribution >= 0.6 is 27.3 Å². The average Bonchev–Trinajstić information content (AvgIpc) is 2.75. The van der Waals surface area contributed by atoms with Crippen molar-refractivity contribution in [2.24, 2.45) is 5.73 Å². The summed E-state index contributed by atoms with van der Waals surface area (Å²) in [5, 5.41) is 2.08. The van der Waals surface area contributed by atoms with Gasteiger partial charge in [0.1, 0.15) is 5.75 Å². The zero-order chi connectivity index (χ0) is 12.3. The molecule has 1 heterocycles. The Bertz CT molecular complexity index is 480. The highest BCUT2D eigenvalue weighted by Gasteiger charge is 2.08. The van der Waals surface area contributed by atoms with Crippen LogP contribution < -0.4 is 10.5 Å². The number of benzene rings is 1. The van der Waals surface area contributed by atoms with E-state index in [9.17, 15) is 0 Å². The number of hydrogen-bond donors (Lipinski definition) is 1. The first-order valence-corrected chi connectivity index (χ1v) is 6.99. The Hall–Kier alpha value is -0.840. The van der Waals surface area contributed by atoms with Crippen LogP contribution in [0, 0.1) is 0 Å². The highest BCUT2D eigenvalue weighted by Crippen LogP contribution is 2.25. The number of methoxy groups -OCH3 is 1. The van der Waals surface area contributed by atoms with Crippen LogP contribution in [0.2, 0.25) is 0 Å². The first kappa shape index (κ1) is 12.6. The monoisotopic (exact) mass is 311 g/mol. The van der Waals surface area contributed by atoms with E-state index < -0.39 is 0 Å². The maximum Gasteiger partial charge on any atom is 0.118 e. The molecular formula is C13H14BrNOS. The second-order valence-electron chi connectivity index (χ2n) is 3.82. The third-order valence-corrected chi connectivity index (χ3v) is 4.31. The van der Waals surface area contributed by atoms with Crippen LogP contribution in [-0.2, 0) is 6.42 Å². The van der Waals surface area contributed by atoms with Crippen LogP contribution in [0.5, 0.6) is 5.75 Å². The molecule has 1 aromatic heterocycles. The van der Waals surface area contributed by atoms with Crippen LogP contribution in [0.1, 0.15) is 16.5 Å². The van der Waals surface area contributed by atoms with Gasteiger partial charge in [-0.1, -0.05) is 12.1 Å². The van der Waals surface area contributed by atoms with Crippen molar-refractivity contribution in [2.75, 3.05) is 7.11 Å². The summed E-state index contributed by atoms with van der Waals surface area (Å²) >= 11 is 5.18. The summed E-state index contributed by atoms with van der Waals surface area (Å²) in [6.45, 7) is 0. The third-order valence-electron chi connectivity index (χ3n) is 2.59. The van der Waals surface area contributed by atoms with Gasteiger partial charge in [0.05, 0.1) is 7.11 Å². The third kappa shape index (κ3) is 3.31. The number of nitrogens with two attached hydrogens (primary N) is 1. The van der Waals surface area contributed by atoms with Gasteiger partial charge in [0.25, 0.3) is 0 Å². The number of hydrogen-bond acceptors (Lipinski definition) is 3. The minimum atomic E-state index is 0.0338. The number of rotatable bonds is 4. The lowest BCUT2D eigenvalue weighted by molar-refractivity contribution is 0.414. The van der Waals surface area contributed by atoms with E-state index in [2.05, 4.69) is 27.4 Å². The average molecular weight is 312 g/mol. The number of ether oxygens (including phenoxy) is 1. The molecule has 2 rings (SSSR count). The van der Waals surface area contributed by atoms with Crippen molar-refractivity contribution in [1.29, 1.82) is 0 Å². The van der Waals surface area contributed by atoms with Crippen molar-refractivity contribution in [1.82, 2.24) is 0 Å². The van der Waals surface area contributed by atoms with Gasteiger partial charge in [-0.3, -0.25) is 0 Å². The van der Waals surface area contributed by atoms with Crippen molar-refractivity contribution in [3.05, 3.63) is 50.6 Å². The molecule has 1 aromatic carbocycles. The van der Waals surface area contributed by atoms with Gasteiger partial charge in [0, 0.05) is 27.2 Å². The van der Waals surface area contributed by atoms with E-state index in [0.717, 1.165) is 22.2 Å². The smallest absolute Gasteiger partial charge is 0.118 e. The molecule has 0 spiro atoms. The van der Waals surface area contributed by atoms with Crippen molar-refractivity contribution >= 4 is 27.3 Å². The zero-order valence-corrected chi connectivity index (χ0v) is 11.9. The molecule has 1 atom stereocenters. The summed E-state index contributed by atoms with van der Waals surface area (Å²) in [5.74, 6) is 0.861. The maximum atomic E-state index is 6.18. The topological polar surface area (TPSA) is 35.2 Å². The molecule has 2 N–H and O–H groups in total. The minimum absolute atomic E-state index is 0.0338. The fraction of sp³-hybridized carbons (Fsp3) is 0.231. The van der Waals surface area contributed by atoms with Gasteiger partial charge >= 0.3 is 0 Å². The molecule has 17 heavy (non-hydrogen) atoms. The second kappa shape index (κ2) is 5.67. The highest BCUT2D eigenvalue weighted by atomic mass is 79.9. The summed E-state index contributed by atoms with van der Waals surface area (Å²) in [5.41, 5.74) is 7.31. The first-order chi connectivity index (χ1) is 8.19. The standard InChI is InChI=1S/C13H14BrNOS/c1-16-11-4-2-9(3-5-11)13(15)7-12-6-10(14)8-17-12/h2-6,8,13H,7,15H2,1H3. The summed E-state index contributed by atoms with van der Waals surface area (Å²) in [6.07, 6.45) is 0.864. The van der Waals surface area contributed by atoms with Gasteiger partial charge < -0.3 is 10.5 Å². The molecule has 1 unspecified atom stereocenters. The van der Waals surface area contributed by atoms with E-state index in [1.165, 1.54) is 4.88 Å². The van der Waals surface area contributed by atoms with Crippen molar-refractivity contribution in [2.45, 2.75) is 12.5 Å². The predicted octanol–water partition coefficient (Wildman–Crippen LogP) is 3.76. The highest BCUT2D eigenvalue weighted by molar-refractivity contribution is 9.10. The summed E-state index contributed by atoms with van der Waals surface area (Å²) in [7, 11) is 1.66. The zero-order valence-electron chi connectivity index (χ0n) is 9.52. The minimum Gasteiger partial charge on any atom is -0.497 e. The van der Waals surface area contributed by atoms with Crippen LogP contribution in [0.25, 0.3) is 0 Å². The van der Waals surface area contributed by atoms with Crippen LogP contribution in [0.15, 0.2) is 40.2 Å². The van der Waals surface area contributed by atoms with E-state index in [1.807, 2.05) is 24.3 Å². The molecule has 2 nitrogen and oxygen atoms in total. The van der Waals surface area contributed by atoms with Gasteiger partial charge in [-0.15, -0.1) is 11.3 Å². The van der Waals surface area contributed by atoms with Crippen molar-refractivity contribution in [3.63, 3.8) is 0 Å². The molecule has 0 aliphatic rings. The summed E-state index contributed by atoms with van der Waals surface area (Å²) < 4.78 is 6.25. The Morgan fingerprint density at radius 1 is 1.35 bits per heavy atom. The fourth-order valence-corrected chi connectivity index (χ4v) is 3.16. The SMILES string of the molecule is COc1ccc(C(N)Cc2cc(Br)cs2)cc1. The lowest BCUT2D eigenvalue weighted by Gasteiger charge is -2.11. The maximum absolute atomic E-state index is 6.18. The second-order valence-corrected chi connectivity index (χ2v) is 5.73. The molecule has 0 aliphatic heterocycles. The van der Waals surface area contributed by atoms with E-state index in [1.54, 1.807) is 18.4 Å². The van der Waals surface area contributed by atoms with E-state index in [0.29, 0.717) is 0 Å². The normalized spacial score (nSPS) is 12.4. The molecule has 0 aliphatic carbocycles. The van der Waals surface area contributed by atoms with E-state index in [-0.39, 0.29) is 6.04 Å². The van der Waals surface area contributed by atoms with E-state index >= 15 is 0 Å². The molecule has 0 saturated carbocycles. The fourth-order valence-electron chi connectivity index (χ4n) is 1.65. The summed E-state index contributed by atoms with van der Waals surface area (Å²) in [4.78, 5) is 1.29. The van der Waals surface area contributed by atoms with Gasteiger partial charge in [-0.2, -0.15) is 0 Å². The Kier molecular flexibility index (Phi) is 4.20. The van der Waals surface area contributed by atoms with Crippen LogP contribution in [-0.4, -0.2) is 7.11 Å². The van der Waals surface area contributed by atoms with Crippen LogP contribution in [0.3, 0.4) is 0 Å². The molecule has 90 valence electrons. The quantitative estimate of drug-likeness (QED) is 0.933. The lowest BCUT2D eigenvalue weighted by atomic mass is 10.0. The van der Waals surface area contributed by atoms with Gasteiger partial charge in [0.15, 0.2) is 0 Å². The Balaban J connectivity index is 2.06. The molecule has 4 heteroatoms. The van der Waals surface area contributed by atoms with Gasteiger partial charge in [-0.05, 0) is 39.7 Å². The first-order valence-electron chi connectivity index (χ1n) is 5.31. The molecule has 0 fully saturated rings. The molecule has 0 bridgehead atoms. The molecule has 0 amide bonds. The predicted molar refractivity (Wildman–Crippen MR) is 75.6 cm³/mol. The van der Waals surface area contributed by atoms with Gasteiger partial charge in [-0.25, -0.2) is 0 Å². The lowest BCUT2D eigenvalue weighted by Crippen LogP contribution is -2.12. The largest absolute Gasteiger partial charge is 0.497 e. The van der Waals surface area contributed by atoms with Gasteiger partial charge in [0.2, 0.25) is 0 Å². The Morgan fingerprint density at radius 3 is 2.59 bits per heavy atom. The molecule has 0 radical (unpaired) electrons. The Morgan fingerprint density at radius 2 is 2.06 bits per heavy atom. The molecular weight excluding hydrogens is 298 g/mol. The van der Waals surface area contributed by atoms with Crippen LogP contribution in [0.4, 0.5) is 0 Å². The number of thiophene rings is 1. The molecule has 2 aromatic rings. The summed E-state index contributed by atoms with van der Waals surface area (Å²) in [6, 6.07) is 10.1. The van der Waals surface area contributed by atoms with Crippen molar-refractivity contribution < 1.29 is 4.74 Å².